The van der Waals surface area contributed by atoms with Gasteiger partial charge in [0.1, 0.15) is 0 Å². The van der Waals surface area contributed by atoms with Crippen molar-refractivity contribution in [1.82, 2.24) is 9.78 Å². The van der Waals surface area contributed by atoms with E-state index in [0.29, 0.717) is 23.6 Å². The van der Waals surface area contributed by atoms with Crippen LogP contribution in [-0.4, -0.2) is 43.0 Å². The monoisotopic (exact) mass is 469 g/mol. The van der Waals surface area contributed by atoms with Crippen LogP contribution in [0.1, 0.15) is 32.0 Å². The predicted octanol–water partition coefficient (Wildman–Crippen LogP) is 4.50. The summed E-state index contributed by atoms with van der Waals surface area (Å²) >= 11 is 0. The van der Waals surface area contributed by atoms with Crippen molar-refractivity contribution in [2.75, 3.05) is 26.6 Å². The molecule has 1 amide bonds. The third-order valence-electron chi connectivity index (χ3n) is 6.01. The molecule has 0 spiro atoms. The van der Waals surface area contributed by atoms with Crippen molar-refractivity contribution in [3.05, 3.63) is 89.1 Å². The maximum Gasteiger partial charge on any atom is 0.339 e. The van der Waals surface area contributed by atoms with Crippen molar-refractivity contribution >= 4 is 17.6 Å². The second-order valence-corrected chi connectivity index (χ2v) is 7.96. The third kappa shape index (κ3) is 3.78. The van der Waals surface area contributed by atoms with E-state index in [2.05, 4.69) is 5.32 Å². The Kier molecular flexibility index (Phi) is 5.70. The summed E-state index contributed by atoms with van der Waals surface area (Å²) in [5.74, 6) is 0.262. The number of benzene rings is 3. The molecule has 0 unspecified atom stereocenters. The summed E-state index contributed by atoms with van der Waals surface area (Å²) in [4.78, 5) is 25.7. The first kappa shape index (κ1) is 22.2. The quantitative estimate of drug-likeness (QED) is 0.368. The number of nitrogens with one attached hydrogen (secondary N) is 1. The first-order valence-corrected chi connectivity index (χ1v) is 11.0. The van der Waals surface area contributed by atoms with E-state index in [1.807, 2.05) is 42.5 Å². The lowest BCUT2D eigenvalue weighted by Crippen LogP contribution is -2.17. The van der Waals surface area contributed by atoms with E-state index in [9.17, 15) is 9.59 Å². The zero-order chi connectivity index (χ0) is 24.5. The van der Waals surface area contributed by atoms with Gasteiger partial charge < -0.3 is 19.5 Å². The van der Waals surface area contributed by atoms with Gasteiger partial charge in [-0.05, 0) is 42.0 Å². The van der Waals surface area contributed by atoms with E-state index in [1.54, 1.807) is 43.2 Å². The maximum absolute atomic E-state index is 13.5. The predicted molar refractivity (Wildman–Crippen MR) is 131 cm³/mol. The molecule has 1 aromatic heterocycles. The normalized spacial score (nSPS) is 11.4. The van der Waals surface area contributed by atoms with E-state index in [1.165, 1.54) is 7.11 Å². The van der Waals surface area contributed by atoms with Crippen LogP contribution in [0, 0.1) is 0 Å². The van der Waals surface area contributed by atoms with Crippen molar-refractivity contribution in [2.24, 2.45) is 0 Å². The molecule has 1 aliphatic rings. The molecule has 8 nitrogen and oxygen atoms in total. The van der Waals surface area contributed by atoms with Crippen molar-refractivity contribution in [1.29, 1.82) is 0 Å². The van der Waals surface area contributed by atoms with Gasteiger partial charge in [0.15, 0.2) is 17.2 Å². The van der Waals surface area contributed by atoms with Crippen LogP contribution in [0.3, 0.4) is 0 Å². The Labute approximate surface area is 202 Å². The van der Waals surface area contributed by atoms with Gasteiger partial charge in [-0.25, -0.2) is 9.48 Å². The molecular formula is C27H23N3O5. The number of methoxy groups -OCH3 is 3. The first-order chi connectivity index (χ1) is 17.0. The second-order valence-electron chi connectivity index (χ2n) is 7.96. The number of anilines is 1. The number of nitrogens with zero attached hydrogens (tertiary/aromatic N) is 2. The number of hydrogen-bond acceptors (Lipinski definition) is 6. The molecule has 1 N–H and O–H groups in total. The lowest BCUT2D eigenvalue weighted by Gasteiger charge is -2.12. The summed E-state index contributed by atoms with van der Waals surface area (Å²) in [7, 11) is 4.48. The van der Waals surface area contributed by atoms with Gasteiger partial charge >= 0.3 is 5.97 Å². The van der Waals surface area contributed by atoms with Crippen LogP contribution < -0.4 is 14.8 Å². The standard InChI is InChI=1S/C27H23N3O5/c1-33-22-14-16-13-20-24(26(31)28-21-12-8-7-11-18(21)27(32)35-3)29-30(17-9-5-4-6-10-17)25(20)19(16)15-23(22)34-2/h4-12,14-15H,13H2,1-3H3,(H,28,31). The molecular weight excluding hydrogens is 446 g/mol. The number of ether oxygens (including phenoxy) is 3. The number of carbonyl (C=O) groups is 2. The molecule has 8 heteroatoms. The highest BCUT2D eigenvalue weighted by Gasteiger charge is 2.32. The fourth-order valence-electron chi connectivity index (χ4n) is 4.37. The molecule has 0 radical (unpaired) electrons. The van der Waals surface area contributed by atoms with Gasteiger partial charge in [0.2, 0.25) is 0 Å². The van der Waals surface area contributed by atoms with E-state index < -0.39 is 11.9 Å². The molecule has 4 aromatic rings. The van der Waals surface area contributed by atoms with Crippen LogP contribution in [0.15, 0.2) is 66.7 Å². The summed E-state index contributed by atoms with van der Waals surface area (Å²) in [5, 5.41) is 7.55. The van der Waals surface area contributed by atoms with Crippen molar-refractivity contribution < 1.29 is 23.8 Å². The van der Waals surface area contributed by atoms with Crippen molar-refractivity contribution in [2.45, 2.75) is 6.42 Å². The Bertz CT molecular complexity index is 1440. The summed E-state index contributed by atoms with van der Waals surface area (Å²) in [6.45, 7) is 0. The number of aromatic nitrogens is 2. The lowest BCUT2D eigenvalue weighted by atomic mass is 10.1. The number of carbonyl (C=O) groups excluding carboxylic acids is 2. The molecule has 1 heterocycles. The summed E-state index contributed by atoms with van der Waals surface area (Å²) in [6, 6.07) is 20.2. The molecule has 0 saturated heterocycles. The molecule has 176 valence electrons. The van der Waals surface area contributed by atoms with E-state index in [0.717, 1.165) is 28.1 Å². The van der Waals surface area contributed by atoms with Gasteiger partial charge in [-0.2, -0.15) is 5.10 Å². The van der Waals surface area contributed by atoms with Crippen LogP contribution in [0.4, 0.5) is 5.69 Å². The maximum atomic E-state index is 13.5. The molecule has 35 heavy (non-hydrogen) atoms. The van der Waals surface area contributed by atoms with Gasteiger partial charge in [-0.3, -0.25) is 4.79 Å². The van der Waals surface area contributed by atoms with Gasteiger partial charge in [0, 0.05) is 17.5 Å². The Hall–Kier alpha value is -4.59. The highest BCUT2D eigenvalue weighted by molar-refractivity contribution is 6.09. The number of esters is 1. The molecule has 3 aromatic carbocycles. The highest BCUT2D eigenvalue weighted by atomic mass is 16.5. The number of rotatable bonds is 6. The minimum Gasteiger partial charge on any atom is -0.493 e. The number of para-hydroxylation sites is 2. The molecule has 0 bridgehead atoms. The van der Waals surface area contributed by atoms with E-state index >= 15 is 0 Å². The van der Waals surface area contributed by atoms with Crippen molar-refractivity contribution in [3.8, 4) is 28.4 Å². The van der Waals surface area contributed by atoms with Gasteiger partial charge in [-0.15, -0.1) is 0 Å². The Morgan fingerprint density at radius 1 is 0.914 bits per heavy atom. The van der Waals surface area contributed by atoms with E-state index in [-0.39, 0.29) is 11.3 Å². The molecule has 0 saturated carbocycles. The largest absolute Gasteiger partial charge is 0.493 e. The van der Waals surface area contributed by atoms with Crippen LogP contribution in [0.5, 0.6) is 11.5 Å². The minimum atomic E-state index is -0.535. The van der Waals surface area contributed by atoms with Gasteiger partial charge in [-0.1, -0.05) is 30.3 Å². The number of fused-ring (bicyclic) bond motifs is 3. The highest BCUT2D eigenvalue weighted by Crippen LogP contribution is 2.44. The van der Waals surface area contributed by atoms with Gasteiger partial charge in [0.25, 0.3) is 5.91 Å². The molecule has 0 aliphatic heterocycles. The summed E-state index contributed by atoms with van der Waals surface area (Å²) < 4.78 is 17.6. The average molecular weight is 469 g/mol. The number of amides is 1. The SMILES string of the molecule is COC(=O)c1ccccc1NC(=O)c1nn(-c2ccccc2)c2c1Cc1cc(OC)c(OC)cc1-2. The molecule has 5 rings (SSSR count). The van der Waals surface area contributed by atoms with Crippen LogP contribution in [0.2, 0.25) is 0 Å². The van der Waals surface area contributed by atoms with Crippen LogP contribution in [-0.2, 0) is 11.2 Å². The number of hydrogen-bond donors (Lipinski definition) is 1. The topological polar surface area (TPSA) is 91.7 Å². The smallest absolute Gasteiger partial charge is 0.339 e. The lowest BCUT2D eigenvalue weighted by molar-refractivity contribution is 0.0602. The fraction of sp³-hybridized carbons (Fsp3) is 0.148. The van der Waals surface area contributed by atoms with E-state index in [4.69, 9.17) is 19.3 Å². The average Bonchev–Trinajstić information content (AvgIpc) is 3.45. The zero-order valence-corrected chi connectivity index (χ0v) is 19.5. The summed E-state index contributed by atoms with van der Waals surface area (Å²) in [6.07, 6.45) is 0.499. The molecule has 0 fully saturated rings. The Morgan fingerprint density at radius 2 is 1.60 bits per heavy atom. The summed E-state index contributed by atoms with van der Waals surface area (Å²) in [5.41, 5.74) is 5.24. The van der Waals surface area contributed by atoms with Gasteiger partial charge in [0.05, 0.1) is 44.0 Å². The molecule has 0 atom stereocenters. The Balaban J connectivity index is 1.63. The zero-order valence-electron chi connectivity index (χ0n) is 19.5. The molecule has 1 aliphatic carbocycles. The third-order valence-corrected chi connectivity index (χ3v) is 6.01. The Morgan fingerprint density at radius 3 is 2.31 bits per heavy atom. The van der Waals surface area contributed by atoms with Crippen LogP contribution in [0.25, 0.3) is 16.9 Å². The fourth-order valence-corrected chi connectivity index (χ4v) is 4.37. The first-order valence-electron chi connectivity index (χ1n) is 11.0. The second kappa shape index (κ2) is 8.98. The minimum absolute atomic E-state index is 0.264. The van der Waals surface area contributed by atoms with Crippen molar-refractivity contribution in [3.63, 3.8) is 0 Å². The van der Waals surface area contributed by atoms with Crippen LogP contribution >= 0.6 is 0 Å².